The molecule has 2 heterocycles. The Bertz CT molecular complexity index is 607. The minimum Gasteiger partial charge on any atom is -0.232 e. The second-order valence-electron chi connectivity index (χ2n) is 3.53. The zero-order valence-electron chi connectivity index (χ0n) is 9.46. The van der Waals surface area contributed by atoms with Crippen molar-refractivity contribution in [1.82, 2.24) is 9.71 Å². The van der Waals surface area contributed by atoms with Gasteiger partial charge in [-0.1, -0.05) is 35.9 Å². The van der Waals surface area contributed by atoms with Gasteiger partial charge in [-0.2, -0.15) is 0 Å². The van der Waals surface area contributed by atoms with Crippen molar-refractivity contribution in [2.24, 2.45) is 0 Å². The third kappa shape index (κ3) is 3.10. The molecule has 0 aliphatic heterocycles. The van der Waals surface area contributed by atoms with Gasteiger partial charge in [-0.15, -0.1) is 11.3 Å². The molecule has 2 aromatic heterocycles. The monoisotopic (exact) mass is 322 g/mol. The van der Waals surface area contributed by atoms with Crippen LogP contribution in [0.2, 0.25) is 4.47 Å². The lowest BCUT2D eigenvalue weighted by atomic mass is 10.2. The summed E-state index contributed by atoms with van der Waals surface area (Å²) in [5.41, 5.74) is 0. The molecule has 8 heteroatoms. The normalized spacial score (nSPS) is 13.7. The quantitative estimate of drug-likeness (QED) is 0.919. The molecule has 98 valence electrons. The molecule has 2 rings (SSSR count). The molecule has 18 heavy (non-hydrogen) atoms. The van der Waals surface area contributed by atoms with E-state index in [9.17, 15) is 8.42 Å². The molecule has 0 aromatic carbocycles. The SMILES string of the molecule is CCC(NS(=O)(=O)c1cnc(Cl)s1)c1cccs1. The topological polar surface area (TPSA) is 59.1 Å². The highest BCUT2D eigenvalue weighted by molar-refractivity contribution is 7.91. The van der Waals surface area contributed by atoms with Gasteiger partial charge in [0.2, 0.25) is 0 Å². The summed E-state index contributed by atoms with van der Waals surface area (Å²) in [5, 5.41) is 1.93. The van der Waals surface area contributed by atoms with Crippen LogP contribution in [0.15, 0.2) is 27.9 Å². The van der Waals surface area contributed by atoms with E-state index in [2.05, 4.69) is 9.71 Å². The molecule has 0 spiro atoms. The van der Waals surface area contributed by atoms with E-state index in [4.69, 9.17) is 11.6 Å². The Hall–Kier alpha value is -0.470. The maximum absolute atomic E-state index is 12.1. The van der Waals surface area contributed by atoms with Gasteiger partial charge >= 0.3 is 0 Å². The first-order chi connectivity index (χ1) is 8.53. The van der Waals surface area contributed by atoms with Crippen molar-refractivity contribution in [2.45, 2.75) is 23.6 Å². The third-order valence-corrected chi connectivity index (χ3v) is 6.35. The molecule has 0 saturated heterocycles. The van der Waals surface area contributed by atoms with Gasteiger partial charge in [-0.25, -0.2) is 18.1 Å². The van der Waals surface area contributed by atoms with E-state index in [0.29, 0.717) is 6.42 Å². The van der Waals surface area contributed by atoms with Crippen LogP contribution >= 0.6 is 34.3 Å². The summed E-state index contributed by atoms with van der Waals surface area (Å²) in [5.74, 6) is 0. The van der Waals surface area contributed by atoms with Gasteiger partial charge in [0.25, 0.3) is 10.0 Å². The maximum Gasteiger partial charge on any atom is 0.252 e. The van der Waals surface area contributed by atoms with Crippen molar-refractivity contribution in [1.29, 1.82) is 0 Å². The molecule has 0 bridgehead atoms. The van der Waals surface area contributed by atoms with Gasteiger partial charge in [0.05, 0.1) is 12.2 Å². The summed E-state index contributed by atoms with van der Waals surface area (Å²) >= 11 is 8.14. The number of rotatable bonds is 5. The number of aromatic nitrogens is 1. The molecule has 4 nitrogen and oxygen atoms in total. The largest absolute Gasteiger partial charge is 0.252 e. The lowest BCUT2D eigenvalue weighted by Gasteiger charge is -2.14. The van der Waals surface area contributed by atoms with Crippen LogP contribution in [0.25, 0.3) is 0 Å². The van der Waals surface area contributed by atoms with E-state index in [-0.39, 0.29) is 14.7 Å². The van der Waals surface area contributed by atoms with Crippen molar-refractivity contribution in [3.63, 3.8) is 0 Å². The number of halogens is 1. The molecular weight excluding hydrogens is 312 g/mol. The first kappa shape index (κ1) is 14.0. The predicted octanol–water partition coefficient (Wildman–Crippen LogP) is 3.29. The highest BCUT2D eigenvalue weighted by atomic mass is 35.5. The predicted molar refractivity (Wildman–Crippen MR) is 74.8 cm³/mol. The summed E-state index contributed by atoms with van der Waals surface area (Å²) in [6.07, 6.45) is 1.96. The minimum absolute atomic E-state index is 0.141. The molecule has 2 aromatic rings. The lowest BCUT2D eigenvalue weighted by molar-refractivity contribution is 0.555. The molecule has 0 fully saturated rings. The van der Waals surface area contributed by atoms with E-state index in [0.717, 1.165) is 16.2 Å². The van der Waals surface area contributed by atoms with Crippen molar-refractivity contribution >= 4 is 44.3 Å². The Morgan fingerprint density at radius 3 is 2.83 bits per heavy atom. The fourth-order valence-electron chi connectivity index (χ4n) is 1.44. The van der Waals surface area contributed by atoms with Crippen LogP contribution in [0.5, 0.6) is 0 Å². The van der Waals surface area contributed by atoms with Crippen LogP contribution in [-0.2, 0) is 10.0 Å². The van der Waals surface area contributed by atoms with Crippen LogP contribution in [-0.4, -0.2) is 13.4 Å². The van der Waals surface area contributed by atoms with Gasteiger partial charge in [-0.3, -0.25) is 0 Å². The number of nitrogens with one attached hydrogen (secondary N) is 1. The van der Waals surface area contributed by atoms with E-state index in [1.54, 1.807) is 0 Å². The number of hydrogen-bond acceptors (Lipinski definition) is 5. The number of sulfonamides is 1. The highest BCUT2D eigenvalue weighted by Gasteiger charge is 2.22. The van der Waals surface area contributed by atoms with Crippen molar-refractivity contribution in [2.75, 3.05) is 0 Å². The van der Waals surface area contributed by atoms with Crippen LogP contribution < -0.4 is 4.72 Å². The average molecular weight is 323 g/mol. The van der Waals surface area contributed by atoms with E-state index < -0.39 is 10.0 Å². The highest BCUT2D eigenvalue weighted by Crippen LogP contribution is 2.27. The number of hydrogen-bond donors (Lipinski definition) is 1. The number of thiazole rings is 1. The van der Waals surface area contributed by atoms with Gasteiger partial charge in [0, 0.05) is 4.88 Å². The van der Waals surface area contributed by atoms with Gasteiger partial charge in [0.15, 0.2) is 8.68 Å². The van der Waals surface area contributed by atoms with Gasteiger partial charge in [-0.05, 0) is 17.9 Å². The molecule has 0 aliphatic carbocycles. The van der Waals surface area contributed by atoms with Crippen LogP contribution in [0, 0.1) is 0 Å². The van der Waals surface area contributed by atoms with Gasteiger partial charge < -0.3 is 0 Å². The first-order valence-corrected chi connectivity index (χ1v) is 8.75. The second kappa shape index (κ2) is 5.66. The Morgan fingerprint density at radius 2 is 2.33 bits per heavy atom. The van der Waals surface area contributed by atoms with Crippen molar-refractivity contribution in [3.05, 3.63) is 33.1 Å². The van der Waals surface area contributed by atoms with E-state index in [1.165, 1.54) is 17.5 Å². The molecule has 0 amide bonds. The molecule has 0 saturated carbocycles. The minimum atomic E-state index is -3.55. The second-order valence-corrected chi connectivity index (χ2v) is 8.06. The van der Waals surface area contributed by atoms with Crippen molar-refractivity contribution in [3.8, 4) is 0 Å². The number of thiophene rings is 1. The van der Waals surface area contributed by atoms with Crippen LogP contribution in [0.1, 0.15) is 24.3 Å². The standard InChI is InChI=1S/C10H11ClN2O2S3/c1-2-7(8-4-3-5-16-8)13-18(14,15)9-6-12-10(11)17-9/h3-7,13H,2H2,1H3. The molecule has 1 unspecified atom stereocenters. The fraction of sp³-hybridized carbons (Fsp3) is 0.300. The van der Waals surface area contributed by atoms with Crippen LogP contribution in [0.4, 0.5) is 0 Å². The zero-order valence-corrected chi connectivity index (χ0v) is 12.7. The molecular formula is C10H11ClN2O2S3. The average Bonchev–Trinajstić information content (AvgIpc) is 2.96. The molecule has 1 atom stereocenters. The Morgan fingerprint density at radius 1 is 1.56 bits per heavy atom. The summed E-state index contributed by atoms with van der Waals surface area (Å²) in [6.45, 7) is 1.94. The summed E-state index contributed by atoms with van der Waals surface area (Å²) < 4.78 is 27.3. The maximum atomic E-state index is 12.1. The van der Waals surface area contributed by atoms with Gasteiger partial charge in [0.1, 0.15) is 0 Å². The molecule has 0 radical (unpaired) electrons. The fourth-order valence-corrected chi connectivity index (χ4v) is 4.98. The van der Waals surface area contributed by atoms with Crippen LogP contribution in [0.3, 0.4) is 0 Å². The van der Waals surface area contributed by atoms with E-state index in [1.807, 2.05) is 24.4 Å². The Labute approximate surface area is 119 Å². The summed E-state index contributed by atoms with van der Waals surface area (Å²) in [4.78, 5) is 4.74. The number of nitrogens with zero attached hydrogens (tertiary/aromatic N) is 1. The third-order valence-electron chi connectivity index (χ3n) is 2.31. The molecule has 0 aliphatic rings. The molecule has 1 N–H and O–H groups in total. The van der Waals surface area contributed by atoms with Crippen molar-refractivity contribution < 1.29 is 8.42 Å². The summed E-state index contributed by atoms with van der Waals surface area (Å²) in [7, 11) is -3.55. The zero-order chi connectivity index (χ0) is 13.2. The first-order valence-electron chi connectivity index (χ1n) is 5.20. The lowest BCUT2D eigenvalue weighted by Crippen LogP contribution is -2.27. The Kier molecular flexibility index (Phi) is 4.39. The smallest absolute Gasteiger partial charge is 0.232 e. The van der Waals surface area contributed by atoms with E-state index >= 15 is 0 Å². The Balaban J connectivity index is 2.22. The summed E-state index contributed by atoms with van der Waals surface area (Å²) in [6, 6.07) is 3.61.